The molecule has 3 heteroatoms. The summed E-state index contributed by atoms with van der Waals surface area (Å²) in [5.74, 6) is 0.986. The third kappa shape index (κ3) is 1.70. The van der Waals surface area contributed by atoms with Crippen LogP contribution in [0.1, 0.15) is 5.82 Å². The minimum Gasteiger partial charge on any atom is -0.335 e. The lowest BCUT2D eigenvalue weighted by Gasteiger charge is -1.91. The van der Waals surface area contributed by atoms with Crippen molar-refractivity contribution in [2.75, 3.05) is 5.33 Å². The SMILES string of the molecule is Cn1ccnc1C=CCBr. The van der Waals surface area contributed by atoms with Gasteiger partial charge in [0.1, 0.15) is 5.82 Å². The smallest absolute Gasteiger partial charge is 0.131 e. The van der Waals surface area contributed by atoms with Crippen LogP contribution in [-0.2, 0) is 7.05 Å². The average Bonchev–Trinajstić information content (AvgIpc) is 2.31. The van der Waals surface area contributed by atoms with Gasteiger partial charge in [-0.05, 0) is 6.08 Å². The van der Waals surface area contributed by atoms with Gasteiger partial charge < -0.3 is 4.57 Å². The van der Waals surface area contributed by atoms with Gasteiger partial charge in [0.15, 0.2) is 0 Å². The molecule has 54 valence electrons. The van der Waals surface area contributed by atoms with Crippen molar-refractivity contribution in [3.63, 3.8) is 0 Å². The third-order valence-electron chi connectivity index (χ3n) is 1.21. The highest BCUT2D eigenvalue weighted by Crippen LogP contribution is 1.97. The van der Waals surface area contributed by atoms with Crippen molar-refractivity contribution in [3.05, 3.63) is 24.3 Å². The summed E-state index contributed by atoms with van der Waals surface area (Å²) in [7, 11) is 1.97. The highest BCUT2D eigenvalue weighted by atomic mass is 79.9. The zero-order chi connectivity index (χ0) is 7.40. The van der Waals surface area contributed by atoms with Crippen LogP contribution in [0.3, 0.4) is 0 Å². The molecule has 0 saturated carbocycles. The summed E-state index contributed by atoms with van der Waals surface area (Å²) in [6.45, 7) is 0. The summed E-state index contributed by atoms with van der Waals surface area (Å²) in [4.78, 5) is 4.11. The Labute approximate surface area is 68.7 Å². The van der Waals surface area contributed by atoms with Crippen molar-refractivity contribution in [2.45, 2.75) is 0 Å². The van der Waals surface area contributed by atoms with Gasteiger partial charge in [-0.25, -0.2) is 4.98 Å². The van der Waals surface area contributed by atoms with Gasteiger partial charge in [-0.2, -0.15) is 0 Å². The standard InChI is InChI=1S/C7H9BrN2/c1-10-6-5-9-7(10)3-2-4-8/h2-3,5-6H,4H2,1H3. The summed E-state index contributed by atoms with van der Waals surface area (Å²) < 4.78 is 1.97. The number of rotatable bonds is 2. The molecular formula is C7H9BrN2. The first-order valence-corrected chi connectivity index (χ1v) is 4.16. The molecule has 10 heavy (non-hydrogen) atoms. The van der Waals surface area contributed by atoms with E-state index in [1.54, 1.807) is 6.20 Å². The fraction of sp³-hybridized carbons (Fsp3) is 0.286. The van der Waals surface area contributed by atoms with Crippen LogP contribution < -0.4 is 0 Å². The van der Waals surface area contributed by atoms with E-state index in [1.165, 1.54) is 0 Å². The van der Waals surface area contributed by atoms with Gasteiger partial charge in [0.25, 0.3) is 0 Å². The number of aromatic nitrogens is 2. The van der Waals surface area contributed by atoms with E-state index in [9.17, 15) is 0 Å². The van der Waals surface area contributed by atoms with E-state index in [-0.39, 0.29) is 0 Å². The van der Waals surface area contributed by atoms with E-state index in [1.807, 2.05) is 30.0 Å². The zero-order valence-electron chi connectivity index (χ0n) is 5.79. The molecule has 0 fully saturated rings. The normalized spacial score (nSPS) is 11.0. The van der Waals surface area contributed by atoms with Crippen molar-refractivity contribution in [3.8, 4) is 0 Å². The van der Waals surface area contributed by atoms with Crippen molar-refractivity contribution < 1.29 is 0 Å². The maximum Gasteiger partial charge on any atom is 0.131 e. The van der Waals surface area contributed by atoms with Crippen LogP contribution in [0.15, 0.2) is 18.5 Å². The number of alkyl halides is 1. The number of hydrogen-bond acceptors (Lipinski definition) is 1. The van der Waals surface area contributed by atoms with E-state index < -0.39 is 0 Å². The topological polar surface area (TPSA) is 17.8 Å². The molecule has 0 unspecified atom stereocenters. The van der Waals surface area contributed by atoms with Crippen LogP contribution in [-0.4, -0.2) is 14.9 Å². The fourth-order valence-corrected chi connectivity index (χ4v) is 0.875. The molecule has 1 aromatic heterocycles. The lowest BCUT2D eigenvalue weighted by molar-refractivity contribution is 0.897. The van der Waals surface area contributed by atoms with Crippen LogP contribution in [0.2, 0.25) is 0 Å². The summed E-state index contributed by atoms with van der Waals surface area (Å²) in [5.41, 5.74) is 0. The lowest BCUT2D eigenvalue weighted by Crippen LogP contribution is -1.88. The van der Waals surface area contributed by atoms with Gasteiger partial charge in [-0.3, -0.25) is 0 Å². The third-order valence-corrected chi connectivity index (χ3v) is 1.59. The number of imidazole rings is 1. The number of hydrogen-bond donors (Lipinski definition) is 0. The van der Waals surface area contributed by atoms with Crippen LogP contribution in [0.5, 0.6) is 0 Å². The molecule has 2 nitrogen and oxygen atoms in total. The fourth-order valence-electron chi connectivity index (χ4n) is 0.688. The summed E-state index contributed by atoms with van der Waals surface area (Å²) >= 11 is 3.30. The van der Waals surface area contributed by atoms with Crippen LogP contribution in [0.25, 0.3) is 6.08 Å². The van der Waals surface area contributed by atoms with Gasteiger partial charge in [-0.1, -0.05) is 22.0 Å². The van der Waals surface area contributed by atoms with Crippen LogP contribution in [0.4, 0.5) is 0 Å². The van der Waals surface area contributed by atoms with E-state index in [2.05, 4.69) is 20.9 Å². The predicted octanol–water partition coefficient (Wildman–Crippen LogP) is 1.83. The molecule has 0 saturated heterocycles. The molecule has 0 aliphatic rings. The summed E-state index contributed by atoms with van der Waals surface area (Å²) in [5, 5.41) is 0.875. The Hall–Kier alpha value is -0.570. The number of nitrogens with zero attached hydrogens (tertiary/aromatic N) is 2. The Balaban J connectivity index is 2.74. The lowest BCUT2D eigenvalue weighted by atomic mass is 10.5. The molecule has 0 atom stereocenters. The van der Waals surface area contributed by atoms with Crippen LogP contribution >= 0.6 is 15.9 Å². The molecule has 0 aromatic carbocycles. The number of allylic oxidation sites excluding steroid dienone is 1. The maximum absolute atomic E-state index is 4.11. The average molecular weight is 201 g/mol. The molecule has 0 amide bonds. The molecule has 0 bridgehead atoms. The second-order valence-electron chi connectivity index (χ2n) is 1.95. The molecule has 0 N–H and O–H groups in total. The second kappa shape index (κ2) is 3.56. The quantitative estimate of drug-likeness (QED) is 0.667. The van der Waals surface area contributed by atoms with Crippen LogP contribution in [0, 0.1) is 0 Å². The first-order valence-electron chi connectivity index (χ1n) is 3.04. The Morgan fingerprint density at radius 1 is 1.80 bits per heavy atom. The maximum atomic E-state index is 4.11. The van der Waals surface area contributed by atoms with Crippen molar-refractivity contribution in [1.29, 1.82) is 0 Å². The minimum atomic E-state index is 0.875. The summed E-state index contributed by atoms with van der Waals surface area (Å²) in [6, 6.07) is 0. The van der Waals surface area contributed by atoms with E-state index in [4.69, 9.17) is 0 Å². The largest absolute Gasteiger partial charge is 0.335 e. The van der Waals surface area contributed by atoms with Gasteiger partial charge in [0, 0.05) is 24.8 Å². The Bertz CT molecular complexity index is 227. The Kier molecular flexibility index (Phi) is 2.68. The van der Waals surface area contributed by atoms with Gasteiger partial charge >= 0.3 is 0 Å². The Morgan fingerprint density at radius 2 is 2.60 bits per heavy atom. The first kappa shape index (κ1) is 7.54. The molecular weight excluding hydrogens is 192 g/mol. The van der Waals surface area contributed by atoms with Gasteiger partial charge in [-0.15, -0.1) is 0 Å². The first-order chi connectivity index (χ1) is 4.84. The van der Waals surface area contributed by atoms with E-state index >= 15 is 0 Å². The highest BCUT2D eigenvalue weighted by molar-refractivity contribution is 9.09. The minimum absolute atomic E-state index is 0.875. The molecule has 1 rings (SSSR count). The van der Waals surface area contributed by atoms with Crippen molar-refractivity contribution >= 4 is 22.0 Å². The second-order valence-corrected chi connectivity index (χ2v) is 2.60. The predicted molar refractivity (Wildman–Crippen MR) is 46.0 cm³/mol. The van der Waals surface area contributed by atoms with E-state index in [0.717, 1.165) is 11.2 Å². The zero-order valence-corrected chi connectivity index (χ0v) is 7.37. The summed E-state index contributed by atoms with van der Waals surface area (Å²) in [6.07, 6.45) is 7.71. The van der Waals surface area contributed by atoms with E-state index in [0.29, 0.717) is 0 Å². The van der Waals surface area contributed by atoms with Crippen molar-refractivity contribution in [2.24, 2.45) is 7.05 Å². The molecule has 0 aliphatic heterocycles. The number of halogens is 1. The Morgan fingerprint density at radius 3 is 3.10 bits per heavy atom. The monoisotopic (exact) mass is 200 g/mol. The molecule has 0 spiro atoms. The number of aryl methyl sites for hydroxylation is 1. The molecule has 0 radical (unpaired) electrons. The molecule has 1 aromatic rings. The van der Waals surface area contributed by atoms with Crippen molar-refractivity contribution in [1.82, 2.24) is 9.55 Å². The molecule has 0 aliphatic carbocycles. The molecule has 1 heterocycles. The highest BCUT2D eigenvalue weighted by Gasteiger charge is 1.89. The van der Waals surface area contributed by atoms with Gasteiger partial charge in [0.2, 0.25) is 0 Å². The van der Waals surface area contributed by atoms with Gasteiger partial charge in [0.05, 0.1) is 0 Å².